The Morgan fingerprint density at radius 3 is 3.00 bits per heavy atom. The number of anilines is 1. The van der Waals surface area contributed by atoms with Gasteiger partial charge in [-0.15, -0.1) is 0 Å². The number of carbonyl (C=O) groups is 1. The monoisotopic (exact) mass is 275 g/mol. The van der Waals surface area contributed by atoms with Gasteiger partial charge in [-0.05, 0) is 25.5 Å². The number of aryl methyl sites for hydroxylation is 2. The Labute approximate surface area is 117 Å². The van der Waals surface area contributed by atoms with E-state index in [0.717, 1.165) is 5.69 Å². The molecule has 0 radical (unpaired) electrons. The van der Waals surface area contributed by atoms with Crippen LogP contribution < -0.4 is 10.1 Å². The summed E-state index contributed by atoms with van der Waals surface area (Å²) in [6.45, 7) is 1.77. The minimum absolute atomic E-state index is 0.0468. The van der Waals surface area contributed by atoms with Crippen LogP contribution in [0.25, 0.3) is 0 Å². The zero-order chi connectivity index (χ0) is 14.4. The lowest BCUT2D eigenvalue weighted by Gasteiger charge is -2.06. The summed E-state index contributed by atoms with van der Waals surface area (Å²) in [5.74, 6) is 1.84. The van der Waals surface area contributed by atoms with Gasteiger partial charge in [-0.25, -0.2) is 0 Å². The maximum Gasteiger partial charge on any atom is 0.226 e. The number of nitrogens with one attached hydrogen (secondary N) is 1. The highest BCUT2D eigenvalue weighted by Gasteiger charge is 2.06. The number of ether oxygens (including phenoxy) is 1. The predicted octanol–water partition coefficient (Wildman–Crippen LogP) is 2.35. The van der Waals surface area contributed by atoms with Crippen LogP contribution in [0.3, 0.4) is 0 Å². The number of aromatic nitrogens is 2. The van der Waals surface area contributed by atoms with Gasteiger partial charge in [0.1, 0.15) is 5.75 Å². The quantitative estimate of drug-likeness (QED) is 0.875. The van der Waals surface area contributed by atoms with Gasteiger partial charge >= 0.3 is 0 Å². The van der Waals surface area contributed by atoms with E-state index >= 15 is 0 Å². The maximum atomic E-state index is 11.8. The third-order valence-electron chi connectivity index (χ3n) is 2.72. The van der Waals surface area contributed by atoms with Crippen molar-refractivity contribution in [3.05, 3.63) is 36.0 Å². The van der Waals surface area contributed by atoms with Gasteiger partial charge in [-0.2, -0.15) is 4.98 Å². The van der Waals surface area contributed by atoms with Crippen molar-refractivity contribution in [2.45, 2.75) is 26.2 Å². The second-order valence-corrected chi connectivity index (χ2v) is 4.37. The fraction of sp³-hybridized carbons (Fsp3) is 0.357. The Kier molecular flexibility index (Phi) is 4.70. The number of hydrogen-bond acceptors (Lipinski definition) is 5. The number of nitrogens with zero attached hydrogens (tertiary/aromatic N) is 2. The summed E-state index contributed by atoms with van der Waals surface area (Å²) in [6.07, 6.45) is 1.67. The molecule has 0 unspecified atom stereocenters. The molecule has 0 fully saturated rings. The normalized spacial score (nSPS) is 10.3. The molecule has 6 nitrogen and oxygen atoms in total. The topological polar surface area (TPSA) is 77.2 Å². The van der Waals surface area contributed by atoms with E-state index in [1.807, 2.05) is 18.2 Å². The molecule has 1 aromatic carbocycles. The molecule has 0 spiro atoms. The van der Waals surface area contributed by atoms with Crippen LogP contribution in [0.2, 0.25) is 0 Å². The lowest BCUT2D eigenvalue weighted by molar-refractivity contribution is -0.116. The zero-order valence-electron chi connectivity index (χ0n) is 11.5. The molecule has 2 aromatic rings. The molecule has 1 aromatic heterocycles. The Morgan fingerprint density at radius 2 is 2.30 bits per heavy atom. The Bertz CT molecular complexity index is 581. The van der Waals surface area contributed by atoms with Crippen molar-refractivity contribution in [1.29, 1.82) is 0 Å². The van der Waals surface area contributed by atoms with E-state index in [0.29, 0.717) is 36.7 Å². The van der Waals surface area contributed by atoms with Crippen molar-refractivity contribution in [2.75, 3.05) is 12.4 Å². The summed E-state index contributed by atoms with van der Waals surface area (Å²) in [5, 5.41) is 6.52. The highest BCUT2D eigenvalue weighted by Crippen LogP contribution is 2.17. The first-order valence-corrected chi connectivity index (χ1v) is 6.40. The van der Waals surface area contributed by atoms with Gasteiger partial charge in [-0.1, -0.05) is 11.2 Å². The van der Waals surface area contributed by atoms with E-state index < -0.39 is 0 Å². The fourth-order valence-electron chi connectivity index (χ4n) is 1.77. The molecule has 1 heterocycles. The summed E-state index contributed by atoms with van der Waals surface area (Å²) >= 11 is 0. The second-order valence-electron chi connectivity index (χ2n) is 4.37. The van der Waals surface area contributed by atoms with E-state index in [9.17, 15) is 4.79 Å². The number of hydrogen-bond donors (Lipinski definition) is 1. The average molecular weight is 275 g/mol. The number of methoxy groups -OCH3 is 1. The lowest BCUT2D eigenvalue weighted by Crippen LogP contribution is -2.11. The molecule has 0 aliphatic carbocycles. The van der Waals surface area contributed by atoms with Crippen LogP contribution in [0, 0.1) is 6.92 Å². The molecule has 0 saturated heterocycles. The van der Waals surface area contributed by atoms with E-state index in [1.165, 1.54) is 0 Å². The van der Waals surface area contributed by atoms with Gasteiger partial charge in [0.05, 0.1) is 7.11 Å². The van der Waals surface area contributed by atoms with Crippen LogP contribution in [0.15, 0.2) is 28.8 Å². The standard InChI is InChI=1S/C14H17N3O3/c1-10-15-14(20-17-10)8-4-7-13(18)16-11-5-3-6-12(9-11)19-2/h3,5-6,9H,4,7-8H2,1-2H3,(H,16,18). The Hall–Kier alpha value is -2.37. The highest BCUT2D eigenvalue weighted by atomic mass is 16.5. The minimum atomic E-state index is -0.0468. The second kappa shape index (κ2) is 6.70. The number of rotatable bonds is 6. The molecular weight excluding hydrogens is 258 g/mol. The number of amides is 1. The van der Waals surface area contributed by atoms with Gasteiger partial charge in [0, 0.05) is 24.6 Å². The van der Waals surface area contributed by atoms with E-state index in [-0.39, 0.29) is 5.91 Å². The van der Waals surface area contributed by atoms with Crippen molar-refractivity contribution < 1.29 is 14.1 Å². The average Bonchev–Trinajstić information content (AvgIpc) is 2.84. The first-order chi connectivity index (χ1) is 9.67. The van der Waals surface area contributed by atoms with Crippen LogP contribution in [-0.2, 0) is 11.2 Å². The van der Waals surface area contributed by atoms with Gasteiger partial charge in [0.25, 0.3) is 0 Å². The lowest BCUT2D eigenvalue weighted by atomic mass is 10.2. The molecule has 6 heteroatoms. The van der Waals surface area contributed by atoms with Crippen molar-refractivity contribution >= 4 is 11.6 Å². The van der Waals surface area contributed by atoms with Crippen LogP contribution >= 0.6 is 0 Å². The molecule has 0 atom stereocenters. The molecule has 0 saturated carbocycles. The minimum Gasteiger partial charge on any atom is -0.497 e. The first-order valence-electron chi connectivity index (χ1n) is 6.40. The molecule has 0 aliphatic rings. The van der Waals surface area contributed by atoms with Gasteiger partial charge < -0.3 is 14.6 Å². The van der Waals surface area contributed by atoms with E-state index in [1.54, 1.807) is 20.1 Å². The van der Waals surface area contributed by atoms with Crippen molar-refractivity contribution in [2.24, 2.45) is 0 Å². The molecule has 2 rings (SSSR count). The van der Waals surface area contributed by atoms with E-state index in [4.69, 9.17) is 9.26 Å². The summed E-state index contributed by atoms with van der Waals surface area (Å²) in [5.41, 5.74) is 0.725. The summed E-state index contributed by atoms with van der Waals surface area (Å²) < 4.78 is 10.1. The molecule has 1 N–H and O–H groups in total. The van der Waals surface area contributed by atoms with Crippen LogP contribution in [-0.4, -0.2) is 23.2 Å². The maximum absolute atomic E-state index is 11.8. The Balaban J connectivity index is 1.77. The number of carbonyl (C=O) groups excluding carboxylic acids is 1. The van der Waals surface area contributed by atoms with Gasteiger partial charge in [-0.3, -0.25) is 4.79 Å². The van der Waals surface area contributed by atoms with Crippen molar-refractivity contribution in [3.63, 3.8) is 0 Å². The third-order valence-corrected chi connectivity index (χ3v) is 2.72. The summed E-state index contributed by atoms with van der Waals surface area (Å²) in [7, 11) is 1.59. The fourth-order valence-corrected chi connectivity index (χ4v) is 1.77. The van der Waals surface area contributed by atoms with Crippen LogP contribution in [0.1, 0.15) is 24.6 Å². The van der Waals surface area contributed by atoms with Gasteiger partial charge in [0.15, 0.2) is 5.82 Å². The van der Waals surface area contributed by atoms with Crippen LogP contribution in [0.4, 0.5) is 5.69 Å². The zero-order valence-corrected chi connectivity index (χ0v) is 11.5. The molecule has 20 heavy (non-hydrogen) atoms. The smallest absolute Gasteiger partial charge is 0.226 e. The largest absolute Gasteiger partial charge is 0.497 e. The summed E-state index contributed by atoms with van der Waals surface area (Å²) in [6, 6.07) is 7.25. The third kappa shape index (κ3) is 4.08. The molecule has 0 aliphatic heterocycles. The predicted molar refractivity (Wildman–Crippen MR) is 73.6 cm³/mol. The van der Waals surface area contributed by atoms with Gasteiger partial charge in [0.2, 0.25) is 11.8 Å². The SMILES string of the molecule is COc1cccc(NC(=O)CCCc2nc(C)no2)c1. The van der Waals surface area contributed by atoms with Crippen LogP contribution in [0.5, 0.6) is 5.75 Å². The van der Waals surface area contributed by atoms with Crippen molar-refractivity contribution in [3.8, 4) is 5.75 Å². The Morgan fingerprint density at radius 1 is 1.45 bits per heavy atom. The first kappa shape index (κ1) is 14.0. The molecular formula is C14H17N3O3. The van der Waals surface area contributed by atoms with E-state index in [2.05, 4.69) is 15.5 Å². The van der Waals surface area contributed by atoms with Crippen molar-refractivity contribution in [1.82, 2.24) is 10.1 Å². The summed E-state index contributed by atoms with van der Waals surface area (Å²) in [4.78, 5) is 15.9. The number of benzene rings is 1. The molecule has 106 valence electrons. The molecule has 0 bridgehead atoms. The molecule has 1 amide bonds. The highest BCUT2D eigenvalue weighted by molar-refractivity contribution is 5.90.